The van der Waals surface area contributed by atoms with Crippen molar-refractivity contribution in [2.45, 2.75) is 31.7 Å². The van der Waals surface area contributed by atoms with Crippen LogP contribution in [0.4, 0.5) is 11.4 Å². The number of fused-ring (bicyclic) bond motifs is 1. The summed E-state index contributed by atoms with van der Waals surface area (Å²) in [5.41, 5.74) is 6.13. The molecule has 0 saturated heterocycles. The Bertz CT molecular complexity index is 1050. The third-order valence-electron chi connectivity index (χ3n) is 5.66. The molecule has 0 bridgehead atoms. The van der Waals surface area contributed by atoms with E-state index in [1.54, 1.807) is 6.26 Å². The lowest BCUT2D eigenvalue weighted by molar-refractivity contribution is -0.116. The summed E-state index contributed by atoms with van der Waals surface area (Å²) in [6, 6.07) is 20.1. The first-order valence-corrected chi connectivity index (χ1v) is 9.68. The van der Waals surface area contributed by atoms with Gasteiger partial charge >= 0.3 is 0 Å². The number of allylic oxidation sites excluding steroid dienone is 1. The van der Waals surface area contributed by atoms with Gasteiger partial charge in [-0.05, 0) is 54.7 Å². The van der Waals surface area contributed by atoms with Crippen molar-refractivity contribution in [2.75, 3.05) is 10.6 Å². The van der Waals surface area contributed by atoms with Gasteiger partial charge in [-0.25, -0.2) is 0 Å². The van der Waals surface area contributed by atoms with Crippen molar-refractivity contribution in [1.29, 1.82) is 0 Å². The van der Waals surface area contributed by atoms with E-state index in [0.29, 0.717) is 6.42 Å². The second-order valence-electron chi connectivity index (χ2n) is 7.60. The monoisotopic (exact) mass is 370 g/mol. The van der Waals surface area contributed by atoms with E-state index >= 15 is 0 Å². The molecule has 0 spiro atoms. The van der Waals surface area contributed by atoms with Gasteiger partial charge in [0, 0.05) is 17.7 Å². The van der Waals surface area contributed by atoms with Crippen LogP contribution in [0.3, 0.4) is 0 Å². The molecule has 5 rings (SSSR count). The first kappa shape index (κ1) is 16.9. The molecule has 2 atom stereocenters. The maximum absolute atomic E-state index is 13.3. The van der Waals surface area contributed by atoms with Gasteiger partial charge in [0.05, 0.1) is 17.6 Å². The van der Waals surface area contributed by atoms with E-state index in [0.717, 1.165) is 34.8 Å². The Morgan fingerprint density at radius 2 is 1.82 bits per heavy atom. The molecule has 2 aliphatic rings. The SMILES string of the molecule is Cc1ccc2c(c1)N[C@@H](c1ccco1)C1=C(C[C@@H](c3ccccc3)CC1=O)N2. The van der Waals surface area contributed by atoms with Crippen molar-refractivity contribution < 1.29 is 9.21 Å². The Morgan fingerprint density at radius 1 is 0.964 bits per heavy atom. The standard InChI is InChI=1S/C24H22N2O2/c1-15-9-10-18-19(12-15)26-24(22-8-5-11-28-22)23-20(25-18)13-17(14-21(23)27)16-6-3-2-4-7-16/h2-12,17,24-26H,13-14H2,1H3/t17-,24+/m1/s1. The zero-order valence-electron chi connectivity index (χ0n) is 15.7. The lowest BCUT2D eigenvalue weighted by Gasteiger charge is -2.29. The summed E-state index contributed by atoms with van der Waals surface area (Å²) in [7, 11) is 0. The van der Waals surface area contributed by atoms with Crippen LogP contribution in [-0.2, 0) is 4.79 Å². The quantitative estimate of drug-likeness (QED) is 0.619. The highest BCUT2D eigenvalue weighted by Crippen LogP contribution is 2.44. The highest BCUT2D eigenvalue weighted by atomic mass is 16.3. The average Bonchev–Trinajstić information content (AvgIpc) is 3.18. The average molecular weight is 370 g/mol. The van der Waals surface area contributed by atoms with Gasteiger partial charge in [-0.1, -0.05) is 36.4 Å². The number of hydrogen-bond donors (Lipinski definition) is 2. The van der Waals surface area contributed by atoms with E-state index in [1.807, 2.05) is 30.3 Å². The fraction of sp³-hybridized carbons (Fsp3) is 0.208. The molecule has 28 heavy (non-hydrogen) atoms. The number of carbonyl (C=O) groups is 1. The molecule has 1 aromatic heterocycles. The molecule has 140 valence electrons. The van der Waals surface area contributed by atoms with Crippen LogP contribution in [0.2, 0.25) is 0 Å². The zero-order chi connectivity index (χ0) is 19.1. The number of nitrogens with one attached hydrogen (secondary N) is 2. The molecule has 4 heteroatoms. The van der Waals surface area contributed by atoms with Gasteiger partial charge in [0.25, 0.3) is 0 Å². The molecule has 1 aliphatic carbocycles. The minimum atomic E-state index is -0.287. The van der Waals surface area contributed by atoms with Gasteiger partial charge in [0.2, 0.25) is 0 Å². The number of benzene rings is 2. The predicted octanol–water partition coefficient (Wildman–Crippen LogP) is 5.57. The van der Waals surface area contributed by atoms with Crippen molar-refractivity contribution in [1.82, 2.24) is 0 Å². The zero-order valence-corrected chi connectivity index (χ0v) is 15.7. The molecule has 0 unspecified atom stereocenters. The fourth-order valence-electron chi connectivity index (χ4n) is 4.29. The number of aryl methyl sites for hydroxylation is 1. The first-order chi connectivity index (χ1) is 13.7. The van der Waals surface area contributed by atoms with E-state index in [-0.39, 0.29) is 17.7 Å². The van der Waals surface area contributed by atoms with Crippen molar-refractivity contribution in [2.24, 2.45) is 0 Å². The van der Waals surface area contributed by atoms with Crippen molar-refractivity contribution in [3.63, 3.8) is 0 Å². The van der Waals surface area contributed by atoms with Crippen LogP contribution in [0.5, 0.6) is 0 Å². The normalized spacial score (nSPS) is 21.2. The maximum Gasteiger partial charge on any atom is 0.163 e. The van der Waals surface area contributed by atoms with Gasteiger partial charge in [-0.2, -0.15) is 0 Å². The molecule has 2 heterocycles. The summed E-state index contributed by atoms with van der Waals surface area (Å²) in [6.07, 6.45) is 2.98. The van der Waals surface area contributed by atoms with Gasteiger partial charge in [-0.15, -0.1) is 0 Å². The number of hydrogen-bond acceptors (Lipinski definition) is 4. The van der Waals surface area contributed by atoms with Crippen LogP contribution >= 0.6 is 0 Å². The highest BCUT2D eigenvalue weighted by Gasteiger charge is 2.37. The Hall–Kier alpha value is -3.27. The summed E-state index contributed by atoms with van der Waals surface area (Å²) < 4.78 is 5.71. The third-order valence-corrected chi connectivity index (χ3v) is 5.66. The Balaban J connectivity index is 1.61. The summed E-state index contributed by atoms with van der Waals surface area (Å²) in [6.45, 7) is 2.07. The van der Waals surface area contributed by atoms with Crippen LogP contribution in [0.25, 0.3) is 0 Å². The van der Waals surface area contributed by atoms with Gasteiger partial charge in [0.15, 0.2) is 5.78 Å². The Labute approximate surface area is 164 Å². The molecule has 2 N–H and O–H groups in total. The second-order valence-corrected chi connectivity index (χ2v) is 7.60. The highest BCUT2D eigenvalue weighted by molar-refractivity contribution is 6.01. The number of carbonyl (C=O) groups excluding carboxylic acids is 1. The van der Waals surface area contributed by atoms with Crippen LogP contribution in [0.1, 0.15) is 41.7 Å². The number of rotatable bonds is 2. The number of Topliss-reactive ketones (excluding diaryl/α,β-unsaturated/α-hetero) is 1. The van der Waals surface area contributed by atoms with E-state index < -0.39 is 0 Å². The van der Waals surface area contributed by atoms with Crippen molar-refractivity contribution in [3.05, 3.63) is 95.1 Å². The predicted molar refractivity (Wildman–Crippen MR) is 110 cm³/mol. The Kier molecular flexibility index (Phi) is 4.05. The molecule has 0 radical (unpaired) electrons. The van der Waals surface area contributed by atoms with Crippen LogP contribution in [0, 0.1) is 6.92 Å². The Morgan fingerprint density at radius 3 is 2.61 bits per heavy atom. The lowest BCUT2D eigenvalue weighted by atomic mass is 9.79. The number of anilines is 2. The fourth-order valence-corrected chi connectivity index (χ4v) is 4.29. The van der Waals surface area contributed by atoms with Crippen molar-refractivity contribution in [3.8, 4) is 0 Å². The molecule has 2 aromatic carbocycles. The molecule has 3 aromatic rings. The molecular weight excluding hydrogens is 348 g/mol. The van der Waals surface area contributed by atoms with Gasteiger partial charge in [0.1, 0.15) is 11.8 Å². The third kappa shape index (κ3) is 2.91. The van der Waals surface area contributed by atoms with Crippen molar-refractivity contribution >= 4 is 17.2 Å². The van der Waals surface area contributed by atoms with Crippen LogP contribution < -0.4 is 10.6 Å². The largest absolute Gasteiger partial charge is 0.467 e. The van der Waals surface area contributed by atoms with Gasteiger partial charge in [-0.3, -0.25) is 4.79 Å². The molecular formula is C24H22N2O2. The second kappa shape index (κ2) is 6.71. The minimum absolute atomic E-state index is 0.168. The summed E-state index contributed by atoms with van der Waals surface area (Å²) in [4.78, 5) is 13.3. The number of furan rings is 1. The lowest BCUT2D eigenvalue weighted by Crippen LogP contribution is -2.26. The molecule has 0 saturated carbocycles. The molecule has 0 fully saturated rings. The number of ketones is 1. The van der Waals surface area contributed by atoms with Crippen LogP contribution in [0.15, 0.2) is 82.6 Å². The molecule has 0 amide bonds. The summed E-state index contributed by atoms with van der Waals surface area (Å²) in [5.74, 6) is 1.11. The molecule has 4 nitrogen and oxygen atoms in total. The van der Waals surface area contributed by atoms with E-state index in [4.69, 9.17) is 4.42 Å². The minimum Gasteiger partial charge on any atom is -0.467 e. The first-order valence-electron chi connectivity index (χ1n) is 9.68. The van der Waals surface area contributed by atoms with Gasteiger partial charge < -0.3 is 15.1 Å². The smallest absolute Gasteiger partial charge is 0.163 e. The van der Waals surface area contributed by atoms with Crippen LogP contribution in [-0.4, -0.2) is 5.78 Å². The molecule has 1 aliphatic heterocycles. The maximum atomic E-state index is 13.3. The summed E-state index contributed by atoms with van der Waals surface area (Å²) >= 11 is 0. The topological polar surface area (TPSA) is 54.3 Å². The summed E-state index contributed by atoms with van der Waals surface area (Å²) in [5, 5.41) is 7.12. The van der Waals surface area contributed by atoms with E-state index in [9.17, 15) is 4.79 Å². The van der Waals surface area contributed by atoms with E-state index in [1.165, 1.54) is 11.1 Å². The van der Waals surface area contributed by atoms with E-state index in [2.05, 4.69) is 47.9 Å².